The van der Waals surface area contributed by atoms with E-state index in [0.717, 1.165) is 28.5 Å². The Morgan fingerprint density at radius 3 is 2.52 bits per heavy atom. The first-order valence-corrected chi connectivity index (χ1v) is 7.03. The summed E-state index contributed by atoms with van der Waals surface area (Å²) in [5, 5.41) is 9.43. The van der Waals surface area contributed by atoms with E-state index in [1.54, 1.807) is 6.07 Å². The highest BCUT2D eigenvalue weighted by molar-refractivity contribution is 7.15. The van der Waals surface area contributed by atoms with E-state index in [0.29, 0.717) is 5.56 Å². The Morgan fingerprint density at radius 1 is 1.24 bits per heavy atom. The van der Waals surface area contributed by atoms with E-state index in [1.807, 2.05) is 37.3 Å². The molecule has 0 amide bonds. The first-order valence-electron chi connectivity index (χ1n) is 6.22. The van der Waals surface area contributed by atoms with Gasteiger partial charge in [0.1, 0.15) is 0 Å². The third kappa shape index (κ3) is 3.38. The van der Waals surface area contributed by atoms with Gasteiger partial charge in [0.2, 0.25) is 5.76 Å². The maximum Gasteiger partial charge on any atom is 0.373 e. The molecule has 0 saturated carbocycles. The van der Waals surface area contributed by atoms with Crippen molar-refractivity contribution in [1.29, 1.82) is 0 Å². The fourth-order valence-corrected chi connectivity index (χ4v) is 2.87. The van der Waals surface area contributed by atoms with E-state index in [9.17, 15) is 14.7 Å². The molecule has 1 N–H and O–H groups in total. The zero-order valence-corrected chi connectivity index (χ0v) is 12.4. The molecule has 21 heavy (non-hydrogen) atoms. The number of rotatable bonds is 4. The molecule has 1 aromatic heterocycles. The van der Waals surface area contributed by atoms with E-state index < -0.39 is 17.5 Å². The van der Waals surface area contributed by atoms with Gasteiger partial charge in [-0.25, -0.2) is 4.79 Å². The summed E-state index contributed by atoms with van der Waals surface area (Å²) >= 11 is 1.49. The molecule has 0 fully saturated rings. The van der Waals surface area contributed by atoms with Crippen molar-refractivity contribution >= 4 is 23.1 Å². The summed E-state index contributed by atoms with van der Waals surface area (Å²) in [5.74, 6) is -2.05. The number of aryl methyl sites for hydroxylation is 1. The number of esters is 1. The molecular formula is C16H14O4S. The maximum atomic E-state index is 12.1. The van der Waals surface area contributed by atoms with Crippen molar-refractivity contribution in [2.24, 2.45) is 0 Å². The van der Waals surface area contributed by atoms with Crippen molar-refractivity contribution in [2.75, 3.05) is 7.11 Å². The van der Waals surface area contributed by atoms with Gasteiger partial charge in [0.25, 0.3) is 0 Å². The van der Waals surface area contributed by atoms with Crippen molar-refractivity contribution in [3.05, 3.63) is 58.7 Å². The Morgan fingerprint density at radius 2 is 1.90 bits per heavy atom. The second kappa shape index (κ2) is 6.37. The van der Waals surface area contributed by atoms with Crippen LogP contribution in [0, 0.1) is 6.92 Å². The summed E-state index contributed by atoms with van der Waals surface area (Å²) in [5.41, 5.74) is 1.49. The van der Waals surface area contributed by atoms with Crippen LogP contribution in [-0.2, 0) is 9.53 Å². The van der Waals surface area contributed by atoms with Gasteiger partial charge in [-0.2, -0.15) is 0 Å². The quantitative estimate of drug-likeness (QED) is 0.406. The molecule has 0 unspecified atom stereocenters. The number of hydrogen-bond donors (Lipinski definition) is 1. The fraction of sp³-hybridized carbons (Fsp3) is 0.125. The first-order chi connectivity index (χ1) is 10.0. The number of aliphatic hydroxyl groups excluding tert-OH is 1. The van der Waals surface area contributed by atoms with E-state index in [-0.39, 0.29) is 0 Å². The van der Waals surface area contributed by atoms with Gasteiger partial charge in [-0.3, -0.25) is 4.79 Å². The largest absolute Gasteiger partial charge is 0.502 e. The molecule has 0 saturated heterocycles. The van der Waals surface area contributed by atoms with Crippen LogP contribution in [0.4, 0.5) is 0 Å². The number of aliphatic hydroxyl groups is 1. The van der Waals surface area contributed by atoms with Gasteiger partial charge >= 0.3 is 5.97 Å². The zero-order valence-electron chi connectivity index (χ0n) is 11.6. The molecule has 0 radical (unpaired) electrons. The molecule has 1 aromatic carbocycles. The van der Waals surface area contributed by atoms with E-state index in [2.05, 4.69) is 4.74 Å². The monoisotopic (exact) mass is 302 g/mol. The molecule has 0 spiro atoms. The van der Waals surface area contributed by atoms with Gasteiger partial charge < -0.3 is 9.84 Å². The van der Waals surface area contributed by atoms with Crippen LogP contribution in [0.1, 0.15) is 15.2 Å². The summed E-state index contributed by atoms with van der Waals surface area (Å²) in [6, 6.07) is 11.5. The Bertz CT molecular complexity index is 698. The van der Waals surface area contributed by atoms with Crippen LogP contribution in [-0.4, -0.2) is 24.0 Å². The number of benzene rings is 1. The van der Waals surface area contributed by atoms with Gasteiger partial charge in [-0.15, -0.1) is 11.3 Å². The number of ketones is 1. The topological polar surface area (TPSA) is 63.6 Å². The SMILES string of the molecule is COC(=O)C(O)=CC(=O)c1cc(-c2ccccc2)sc1C. The van der Waals surface area contributed by atoms with Gasteiger partial charge in [0.15, 0.2) is 5.78 Å². The zero-order chi connectivity index (χ0) is 15.4. The normalized spacial score (nSPS) is 11.2. The highest BCUT2D eigenvalue weighted by atomic mass is 32.1. The van der Waals surface area contributed by atoms with Crippen molar-refractivity contribution in [1.82, 2.24) is 0 Å². The predicted octanol–water partition coefficient (Wildman–Crippen LogP) is 3.52. The van der Waals surface area contributed by atoms with Crippen LogP contribution < -0.4 is 0 Å². The molecule has 0 bridgehead atoms. The highest BCUT2D eigenvalue weighted by Gasteiger charge is 2.16. The Balaban J connectivity index is 2.32. The van der Waals surface area contributed by atoms with Crippen LogP contribution in [0.3, 0.4) is 0 Å². The smallest absolute Gasteiger partial charge is 0.373 e. The molecule has 108 valence electrons. The second-order valence-corrected chi connectivity index (χ2v) is 5.59. The predicted molar refractivity (Wildman–Crippen MR) is 81.6 cm³/mol. The number of thiophene rings is 1. The molecule has 1 heterocycles. The molecule has 0 aliphatic carbocycles. The lowest BCUT2D eigenvalue weighted by molar-refractivity contribution is -0.139. The standard InChI is InChI=1S/C16H14O4S/c1-10-12(13(17)9-14(18)16(19)20-2)8-15(21-10)11-6-4-3-5-7-11/h3-9,18H,1-2H3. The Labute approximate surface area is 126 Å². The number of methoxy groups -OCH3 is 1. The molecule has 0 atom stereocenters. The lowest BCUT2D eigenvalue weighted by atomic mass is 10.1. The van der Waals surface area contributed by atoms with E-state index >= 15 is 0 Å². The first kappa shape index (κ1) is 15.0. The molecular weight excluding hydrogens is 288 g/mol. The average Bonchev–Trinajstić information content (AvgIpc) is 2.89. The lowest BCUT2D eigenvalue weighted by Gasteiger charge is -1.97. The van der Waals surface area contributed by atoms with Crippen molar-refractivity contribution in [2.45, 2.75) is 6.92 Å². The summed E-state index contributed by atoms with van der Waals surface area (Å²) < 4.78 is 4.35. The third-order valence-corrected chi connectivity index (χ3v) is 4.00. The fourth-order valence-electron chi connectivity index (χ4n) is 1.84. The van der Waals surface area contributed by atoms with Crippen molar-refractivity contribution in [3.63, 3.8) is 0 Å². The van der Waals surface area contributed by atoms with Crippen LogP contribution in [0.5, 0.6) is 0 Å². The molecule has 2 aromatic rings. The summed E-state index contributed by atoms with van der Waals surface area (Å²) in [7, 11) is 1.14. The van der Waals surface area contributed by atoms with Gasteiger partial charge in [-0.05, 0) is 18.6 Å². The third-order valence-electron chi connectivity index (χ3n) is 2.90. The summed E-state index contributed by atoms with van der Waals surface area (Å²) in [4.78, 5) is 25.0. The van der Waals surface area contributed by atoms with Crippen LogP contribution >= 0.6 is 11.3 Å². The molecule has 2 rings (SSSR count). The Kier molecular flexibility index (Phi) is 4.55. The molecule has 5 heteroatoms. The minimum absolute atomic E-state index is 0.422. The van der Waals surface area contributed by atoms with Crippen LogP contribution in [0.15, 0.2) is 48.2 Å². The number of carbonyl (C=O) groups is 2. The summed E-state index contributed by atoms with van der Waals surface area (Å²) in [6.07, 6.45) is 0.885. The molecule has 0 aliphatic rings. The van der Waals surface area contributed by atoms with E-state index in [1.165, 1.54) is 11.3 Å². The van der Waals surface area contributed by atoms with Gasteiger partial charge in [0.05, 0.1) is 7.11 Å². The number of hydrogen-bond acceptors (Lipinski definition) is 5. The van der Waals surface area contributed by atoms with E-state index in [4.69, 9.17) is 0 Å². The van der Waals surface area contributed by atoms with Gasteiger partial charge in [-0.1, -0.05) is 30.3 Å². The average molecular weight is 302 g/mol. The molecule has 0 aliphatic heterocycles. The Hall–Kier alpha value is -2.40. The van der Waals surface area contributed by atoms with Crippen LogP contribution in [0.2, 0.25) is 0 Å². The maximum absolute atomic E-state index is 12.1. The minimum Gasteiger partial charge on any atom is -0.502 e. The van der Waals surface area contributed by atoms with Crippen molar-refractivity contribution in [3.8, 4) is 10.4 Å². The van der Waals surface area contributed by atoms with Crippen LogP contribution in [0.25, 0.3) is 10.4 Å². The van der Waals surface area contributed by atoms with Gasteiger partial charge in [0, 0.05) is 21.4 Å². The lowest BCUT2D eigenvalue weighted by Crippen LogP contribution is -2.07. The highest BCUT2D eigenvalue weighted by Crippen LogP contribution is 2.31. The van der Waals surface area contributed by atoms with Crippen molar-refractivity contribution < 1.29 is 19.4 Å². The second-order valence-electron chi connectivity index (χ2n) is 4.33. The minimum atomic E-state index is -0.931. The number of ether oxygens (including phenoxy) is 1. The summed E-state index contributed by atoms with van der Waals surface area (Å²) in [6.45, 7) is 1.83. The number of allylic oxidation sites excluding steroid dienone is 1. The number of carbonyl (C=O) groups excluding carboxylic acids is 2. The molecule has 4 nitrogen and oxygen atoms in total.